The van der Waals surface area contributed by atoms with Crippen LogP contribution in [0.3, 0.4) is 0 Å². The van der Waals surface area contributed by atoms with E-state index >= 15 is 0 Å². The molecule has 0 amide bonds. The van der Waals surface area contributed by atoms with Gasteiger partial charge in [0.2, 0.25) is 0 Å². The monoisotopic (exact) mass is 297 g/mol. The van der Waals surface area contributed by atoms with Gasteiger partial charge in [0.1, 0.15) is 0 Å². The summed E-state index contributed by atoms with van der Waals surface area (Å²) in [5.41, 5.74) is 0.945. The van der Waals surface area contributed by atoms with E-state index in [1.807, 2.05) is 30.3 Å². The molecule has 0 saturated heterocycles. The van der Waals surface area contributed by atoms with Crippen LogP contribution in [0.15, 0.2) is 36.4 Å². The second-order valence-electron chi connectivity index (χ2n) is 3.75. The summed E-state index contributed by atoms with van der Waals surface area (Å²) in [7, 11) is 0. The Labute approximate surface area is 124 Å². The summed E-state index contributed by atoms with van der Waals surface area (Å²) in [5.74, 6) is -0.504. The van der Waals surface area contributed by atoms with E-state index in [4.69, 9.17) is 10.2 Å². The Hall–Kier alpha value is -1.73. The second kappa shape index (κ2) is 14.7. The van der Waals surface area contributed by atoms with Crippen LogP contribution in [0.1, 0.15) is 12.5 Å². The minimum absolute atomic E-state index is 0.139. The summed E-state index contributed by atoms with van der Waals surface area (Å²) in [5, 5.41) is 19.1. The van der Waals surface area contributed by atoms with Crippen molar-refractivity contribution in [2.24, 2.45) is 0 Å². The van der Waals surface area contributed by atoms with Gasteiger partial charge in [0.05, 0.1) is 19.8 Å². The Morgan fingerprint density at radius 3 is 2.33 bits per heavy atom. The predicted molar refractivity (Wildman–Crippen MR) is 80.2 cm³/mol. The standard InChI is InChI=1S/C11H12O3.C4H11NO2/c1-2-13-14-11(12)9-8-10-6-4-3-5-7-10;6-3-1-5-2-4-7/h3-9H,2H2,1H3;5-7H,1-4H2/b9-8+;. The third-order valence-corrected chi connectivity index (χ3v) is 2.05. The summed E-state index contributed by atoms with van der Waals surface area (Å²) in [6.45, 7) is 3.51. The Balaban J connectivity index is 0.000000486. The molecule has 0 spiro atoms. The fourth-order valence-electron chi connectivity index (χ4n) is 1.16. The van der Waals surface area contributed by atoms with Gasteiger partial charge in [-0.05, 0) is 18.6 Å². The molecule has 3 N–H and O–H groups in total. The lowest BCUT2D eigenvalue weighted by atomic mass is 10.2. The van der Waals surface area contributed by atoms with Crippen LogP contribution in [0.4, 0.5) is 0 Å². The molecule has 0 atom stereocenters. The third-order valence-electron chi connectivity index (χ3n) is 2.05. The maximum Gasteiger partial charge on any atom is 0.365 e. The molecule has 0 aliphatic heterocycles. The maximum atomic E-state index is 10.9. The van der Waals surface area contributed by atoms with Gasteiger partial charge < -0.3 is 15.5 Å². The van der Waals surface area contributed by atoms with Crippen molar-refractivity contribution in [2.75, 3.05) is 32.9 Å². The zero-order chi connectivity index (χ0) is 15.8. The second-order valence-corrected chi connectivity index (χ2v) is 3.75. The normalized spacial score (nSPS) is 10.0. The van der Waals surface area contributed by atoms with Crippen molar-refractivity contribution in [1.82, 2.24) is 5.32 Å². The number of nitrogens with one attached hydrogen (secondary N) is 1. The van der Waals surface area contributed by atoms with Crippen LogP contribution in [0, 0.1) is 0 Å². The molecule has 6 nitrogen and oxygen atoms in total. The lowest BCUT2D eigenvalue weighted by Crippen LogP contribution is -2.21. The molecule has 21 heavy (non-hydrogen) atoms. The number of aliphatic hydroxyl groups is 2. The first kappa shape index (κ1) is 19.3. The molecule has 0 unspecified atom stereocenters. The van der Waals surface area contributed by atoms with Crippen LogP contribution in [0.25, 0.3) is 6.08 Å². The lowest BCUT2D eigenvalue weighted by molar-refractivity contribution is -0.264. The first-order valence-electron chi connectivity index (χ1n) is 6.73. The van der Waals surface area contributed by atoms with E-state index in [2.05, 4.69) is 15.1 Å². The molecule has 0 radical (unpaired) electrons. The first-order chi connectivity index (χ1) is 10.2. The minimum atomic E-state index is -0.504. The van der Waals surface area contributed by atoms with Crippen molar-refractivity contribution in [1.29, 1.82) is 0 Å². The summed E-state index contributed by atoms with van der Waals surface area (Å²) in [6.07, 6.45) is 2.99. The molecule has 1 aromatic carbocycles. The number of carbonyl (C=O) groups is 1. The van der Waals surface area contributed by atoms with Crippen molar-refractivity contribution in [3.8, 4) is 0 Å². The zero-order valence-electron chi connectivity index (χ0n) is 12.2. The van der Waals surface area contributed by atoms with Gasteiger partial charge in [0, 0.05) is 19.2 Å². The molecular weight excluding hydrogens is 274 g/mol. The molecule has 0 aliphatic rings. The quantitative estimate of drug-likeness (QED) is 0.284. The van der Waals surface area contributed by atoms with Crippen molar-refractivity contribution >= 4 is 12.0 Å². The molecule has 0 heterocycles. The molecule has 1 aromatic rings. The summed E-state index contributed by atoms with van der Waals surface area (Å²) in [6, 6.07) is 9.49. The largest absolute Gasteiger partial charge is 0.395 e. The van der Waals surface area contributed by atoms with Gasteiger partial charge in [-0.25, -0.2) is 4.79 Å². The predicted octanol–water partition coefficient (Wildman–Crippen LogP) is 0.755. The van der Waals surface area contributed by atoms with E-state index < -0.39 is 5.97 Å². The van der Waals surface area contributed by atoms with Gasteiger partial charge in [-0.1, -0.05) is 30.3 Å². The van der Waals surface area contributed by atoms with E-state index in [0.29, 0.717) is 19.7 Å². The smallest absolute Gasteiger partial charge is 0.365 e. The first-order valence-corrected chi connectivity index (χ1v) is 6.73. The van der Waals surface area contributed by atoms with Crippen LogP contribution < -0.4 is 5.32 Å². The molecule has 6 heteroatoms. The van der Waals surface area contributed by atoms with Gasteiger partial charge in [0.15, 0.2) is 0 Å². The number of rotatable bonds is 8. The lowest BCUT2D eigenvalue weighted by Gasteiger charge is -1.95. The van der Waals surface area contributed by atoms with Crippen LogP contribution in [-0.2, 0) is 14.6 Å². The van der Waals surface area contributed by atoms with Crippen LogP contribution in [0.5, 0.6) is 0 Å². The molecular formula is C15H23NO5. The van der Waals surface area contributed by atoms with Crippen LogP contribution in [0.2, 0.25) is 0 Å². The number of carbonyl (C=O) groups excluding carboxylic acids is 1. The average Bonchev–Trinajstić information content (AvgIpc) is 2.53. The van der Waals surface area contributed by atoms with E-state index in [-0.39, 0.29) is 13.2 Å². The zero-order valence-corrected chi connectivity index (χ0v) is 12.2. The Morgan fingerprint density at radius 2 is 1.81 bits per heavy atom. The minimum Gasteiger partial charge on any atom is -0.395 e. The van der Waals surface area contributed by atoms with Crippen molar-refractivity contribution in [2.45, 2.75) is 6.92 Å². The molecule has 0 saturated carbocycles. The highest BCUT2D eigenvalue weighted by atomic mass is 17.2. The van der Waals surface area contributed by atoms with Crippen molar-refractivity contribution in [3.05, 3.63) is 42.0 Å². The highest BCUT2D eigenvalue weighted by molar-refractivity contribution is 5.86. The van der Waals surface area contributed by atoms with Gasteiger partial charge in [-0.3, -0.25) is 4.89 Å². The number of hydrogen-bond acceptors (Lipinski definition) is 6. The maximum absolute atomic E-state index is 10.9. The average molecular weight is 297 g/mol. The molecule has 1 rings (SSSR count). The Kier molecular flexibility index (Phi) is 13.5. The van der Waals surface area contributed by atoms with Gasteiger partial charge in [-0.15, -0.1) is 0 Å². The molecule has 118 valence electrons. The van der Waals surface area contributed by atoms with Gasteiger partial charge in [-0.2, -0.15) is 4.89 Å². The van der Waals surface area contributed by atoms with Gasteiger partial charge in [0.25, 0.3) is 0 Å². The van der Waals surface area contributed by atoms with E-state index in [1.54, 1.807) is 13.0 Å². The fraction of sp³-hybridized carbons (Fsp3) is 0.400. The van der Waals surface area contributed by atoms with E-state index in [9.17, 15) is 4.79 Å². The summed E-state index contributed by atoms with van der Waals surface area (Å²) < 4.78 is 0. The van der Waals surface area contributed by atoms with Crippen molar-refractivity contribution in [3.63, 3.8) is 0 Å². The van der Waals surface area contributed by atoms with Crippen LogP contribution in [-0.4, -0.2) is 49.1 Å². The van der Waals surface area contributed by atoms with Crippen molar-refractivity contribution < 1.29 is 24.8 Å². The van der Waals surface area contributed by atoms with Gasteiger partial charge >= 0.3 is 5.97 Å². The molecule has 0 bridgehead atoms. The number of benzene rings is 1. The van der Waals surface area contributed by atoms with E-state index in [0.717, 1.165) is 5.56 Å². The highest BCUT2D eigenvalue weighted by Gasteiger charge is 1.95. The molecule has 0 aromatic heterocycles. The Morgan fingerprint density at radius 1 is 1.19 bits per heavy atom. The molecule has 0 aliphatic carbocycles. The highest BCUT2D eigenvalue weighted by Crippen LogP contribution is 2.00. The van der Waals surface area contributed by atoms with E-state index in [1.165, 1.54) is 6.08 Å². The van der Waals surface area contributed by atoms with Crippen LogP contribution >= 0.6 is 0 Å². The third kappa shape index (κ3) is 13.0. The fourth-order valence-corrected chi connectivity index (χ4v) is 1.16. The molecule has 0 fully saturated rings. The SMILES string of the molecule is CCOOC(=O)/C=C/c1ccccc1.OCCNCCO. The Bertz CT molecular complexity index is 377. The number of hydrogen-bond donors (Lipinski definition) is 3. The topological polar surface area (TPSA) is 88.0 Å². The number of aliphatic hydroxyl groups excluding tert-OH is 2. The summed E-state index contributed by atoms with van der Waals surface area (Å²) in [4.78, 5) is 19.8. The summed E-state index contributed by atoms with van der Waals surface area (Å²) >= 11 is 0.